The van der Waals surface area contributed by atoms with Crippen molar-refractivity contribution in [3.8, 4) is 5.69 Å². The van der Waals surface area contributed by atoms with Gasteiger partial charge in [-0.25, -0.2) is 0 Å². The molecule has 0 aliphatic rings. The minimum atomic E-state index is -0.595. The number of nitrogens with zero attached hydrogens (tertiary/aromatic N) is 2. The molecule has 0 saturated heterocycles. The van der Waals surface area contributed by atoms with Gasteiger partial charge in [0.15, 0.2) is 0 Å². The lowest BCUT2D eigenvalue weighted by Crippen LogP contribution is -2.40. The van der Waals surface area contributed by atoms with E-state index >= 15 is 0 Å². The first-order chi connectivity index (χ1) is 11.1. The van der Waals surface area contributed by atoms with E-state index in [9.17, 15) is 9.59 Å². The molecule has 0 aliphatic carbocycles. The lowest BCUT2D eigenvalue weighted by Gasteiger charge is -2.10. The van der Waals surface area contributed by atoms with Crippen LogP contribution in [0.4, 0.5) is 0 Å². The van der Waals surface area contributed by atoms with Crippen molar-refractivity contribution in [2.45, 2.75) is 6.54 Å². The van der Waals surface area contributed by atoms with Crippen LogP contribution in [0.2, 0.25) is 5.02 Å². The molecule has 1 aromatic heterocycles. The fraction of sp³-hybridized carbons (Fsp3) is 0.0588. The van der Waals surface area contributed by atoms with Crippen LogP contribution < -0.4 is 11.1 Å². The minimum Gasteiger partial charge on any atom is -0.305 e. The quantitative estimate of drug-likeness (QED) is 0.642. The Morgan fingerprint density at radius 3 is 2.30 bits per heavy atom. The molecule has 0 radical (unpaired) electrons. The van der Waals surface area contributed by atoms with E-state index in [-0.39, 0.29) is 6.54 Å². The molecule has 116 valence electrons. The van der Waals surface area contributed by atoms with Crippen molar-refractivity contribution < 1.29 is 0 Å². The molecule has 0 fully saturated rings. The van der Waals surface area contributed by atoms with Crippen LogP contribution in [-0.4, -0.2) is 9.13 Å². The van der Waals surface area contributed by atoms with E-state index in [1.807, 2.05) is 30.3 Å². The van der Waals surface area contributed by atoms with Crippen LogP contribution in [0.1, 0.15) is 5.56 Å². The van der Waals surface area contributed by atoms with Crippen LogP contribution in [0.25, 0.3) is 5.69 Å². The van der Waals surface area contributed by atoms with Gasteiger partial charge in [0.25, 0.3) is 0 Å². The van der Waals surface area contributed by atoms with Gasteiger partial charge in [-0.15, -0.1) is 0 Å². The summed E-state index contributed by atoms with van der Waals surface area (Å²) in [5.74, 6) is 0. The molecule has 23 heavy (non-hydrogen) atoms. The standard InChI is InChI=1S/C17H12BrClN2O2/c18-13-5-7-14(8-6-13)21-10-9-20(16(22)17(21)23)11-12-3-1-2-4-15(12)19/h1-10H,11H2. The van der Waals surface area contributed by atoms with Crippen molar-refractivity contribution in [1.29, 1.82) is 0 Å². The monoisotopic (exact) mass is 390 g/mol. The van der Waals surface area contributed by atoms with Gasteiger partial charge in [-0.05, 0) is 35.9 Å². The van der Waals surface area contributed by atoms with Crippen LogP contribution >= 0.6 is 27.5 Å². The van der Waals surface area contributed by atoms with Crippen LogP contribution in [0.3, 0.4) is 0 Å². The predicted octanol–water partition coefficient (Wildman–Crippen LogP) is 3.46. The Morgan fingerprint density at radius 1 is 0.913 bits per heavy atom. The Kier molecular flexibility index (Phi) is 4.50. The highest BCUT2D eigenvalue weighted by Crippen LogP contribution is 2.15. The molecule has 0 amide bonds. The molecule has 0 atom stereocenters. The predicted molar refractivity (Wildman–Crippen MR) is 94.6 cm³/mol. The second-order valence-electron chi connectivity index (χ2n) is 4.97. The van der Waals surface area contributed by atoms with Crippen molar-refractivity contribution in [3.63, 3.8) is 0 Å². The fourth-order valence-electron chi connectivity index (χ4n) is 2.25. The van der Waals surface area contributed by atoms with E-state index in [4.69, 9.17) is 11.6 Å². The van der Waals surface area contributed by atoms with Gasteiger partial charge in [0.1, 0.15) is 0 Å². The van der Waals surface area contributed by atoms with Crippen molar-refractivity contribution in [3.05, 3.63) is 96.7 Å². The largest absolute Gasteiger partial charge is 0.320 e. The second kappa shape index (κ2) is 6.56. The Morgan fingerprint density at radius 2 is 1.61 bits per heavy atom. The SMILES string of the molecule is O=c1c(=O)n(-c2ccc(Br)cc2)ccn1Cc1ccccc1Cl. The normalized spacial score (nSPS) is 10.7. The minimum absolute atomic E-state index is 0.259. The van der Waals surface area contributed by atoms with Gasteiger partial charge < -0.3 is 4.57 Å². The molecule has 0 saturated carbocycles. The van der Waals surface area contributed by atoms with E-state index in [0.29, 0.717) is 10.7 Å². The molecule has 0 N–H and O–H groups in total. The van der Waals surface area contributed by atoms with Gasteiger partial charge in [0.05, 0.1) is 6.54 Å². The van der Waals surface area contributed by atoms with Gasteiger partial charge in [0.2, 0.25) is 0 Å². The van der Waals surface area contributed by atoms with E-state index in [1.54, 1.807) is 30.6 Å². The molecule has 0 unspecified atom stereocenters. The maximum atomic E-state index is 12.3. The summed E-state index contributed by atoms with van der Waals surface area (Å²) in [7, 11) is 0. The summed E-state index contributed by atoms with van der Waals surface area (Å²) in [6.45, 7) is 0.259. The average molecular weight is 392 g/mol. The van der Waals surface area contributed by atoms with Gasteiger partial charge in [0, 0.05) is 27.6 Å². The third-order valence-electron chi connectivity index (χ3n) is 3.46. The first kappa shape index (κ1) is 15.8. The van der Waals surface area contributed by atoms with Gasteiger partial charge in [-0.1, -0.05) is 45.7 Å². The van der Waals surface area contributed by atoms with E-state index in [1.165, 1.54) is 9.13 Å². The topological polar surface area (TPSA) is 44.0 Å². The van der Waals surface area contributed by atoms with Gasteiger partial charge in [-0.3, -0.25) is 14.2 Å². The molecule has 0 spiro atoms. The van der Waals surface area contributed by atoms with E-state index in [2.05, 4.69) is 15.9 Å². The molecule has 4 nitrogen and oxygen atoms in total. The highest BCUT2D eigenvalue weighted by molar-refractivity contribution is 9.10. The maximum absolute atomic E-state index is 12.3. The first-order valence-corrected chi connectivity index (χ1v) is 8.05. The summed E-state index contributed by atoms with van der Waals surface area (Å²) in [5.41, 5.74) is 0.245. The lowest BCUT2D eigenvalue weighted by atomic mass is 10.2. The second-order valence-corrected chi connectivity index (χ2v) is 6.30. The third-order valence-corrected chi connectivity index (χ3v) is 4.36. The highest BCUT2D eigenvalue weighted by atomic mass is 79.9. The molecule has 3 rings (SSSR count). The molecule has 6 heteroatoms. The van der Waals surface area contributed by atoms with Crippen molar-refractivity contribution >= 4 is 27.5 Å². The number of aromatic nitrogens is 2. The van der Waals surface area contributed by atoms with E-state index in [0.717, 1.165) is 10.0 Å². The molecule has 0 bridgehead atoms. The first-order valence-electron chi connectivity index (χ1n) is 6.88. The van der Waals surface area contributed by atoms with Crippen molar-refractivity contribution in [2.75, 3.05) is 0 Å². The highest BCUT2D eigenvalue weighted by Gasteiger charge is 2.08. The van der Waals surface area contributed by atoms with Crippen LogP contribution in [0, 0.1) is 0 Å². The van der Waals surface area contributed by atoms with Crippen LogP contribution in [0.5, 0.6) is 0 Å². The maximum Gasteiger partial charge on any atom is 0.320 e. The van der Waals surface area contributed by atoms with Gasteiger partial charge >= 0.3 is 11.1 Å². The molecule has 0 aliphatic heterocycles. The number of benzene rings is 2. The Balaban J connectivity index is 2.02. The van der Waals surface area contributed by atoms with Gasteiger partial charge in [-0.2, -0.15) is 0 Å². The summed E-state index contributed by atoms with van der Waals surface area (Å²) < 4.78 is 3.60. The summed E-state index contributed by atoms with van der Waals surface area (Å²) in [5, 5.41) is 0.566. The Bertz CT molecular complexity index is 961. The molecule has 2 aromatic carbocycles. The molecular formula is C17H12BrClN2O2. The summed E-state index contributed by atoms with van der Waals surface area (Å²) in [6, 6.07) is 14.4. The summed E-state index contributed by atoms with van der Waals surface area (Å²) in [4.78, 5) is 24.7. The molecular weight excluding hydrogens is 380 g/mol. The molecule has 1 heterocycles. The third kappa shape index (κ3) is 3.30. The summed E-state index contributed by atoms with van der Waals surface area (Å²) >= 11 is 9.45. The number of rotatable bonds is 3. The smallest absolute Gasteiger partial charge is 0.305 e. The summed E-state index contributed by atoms with van der Waals surface area (Å²) in [6.07, 6.45) is 3.18. The van der Waals surface area contributed by atoms with Crippen LogP contribution in [0.15, 0.2) is 75.0 Å². The van der Waals surface area contributed by atoms with E-state index < -0.39 is 11.1 Å². The Hall–Kier alpha value is -2.11. The fourth-order valence-corrected chi connectivity index (χ4v) is 2.71. The van der Waals surface area contributed by atoms with Crippen LogP contribution in [-0.2, 0) is 6.54 Å². The zero-order valence-corrected chi connectivity index (χ0v) is 14.3. The number of hydrogen-bond acceptors (Lipinski definition) is 2. The Labute approximate surface area is 145 Å². The zero-order valence-electron chi connectivity index (χ0n) is 11.9. The number of hydrogen-bond donors (Lipinski definition) is 0. The number of halogens is 2. The lowest BCUT2D eigenvalue weighted by molar-refractivity contribution is 0.718. The zero-order chi connectivity index (χ0) is 16.4. The molecule has 3 aromatic rings. The van der Waals surface area contributed by atoms with Crippen molar-refractivity contribution in [2.24, 2.45) is 0 Å². The van der Waals surface area contributed by atoms with Crippen molar-refractivity contribution in [1.82, 2.24) is 9.13 Å². The average Bonchev–Trinajstić information content (AvgIpc) is 2.55.